The van der Waals surface area contributed by atoms with Crippen molar-refractivity contribution in [3.05, 3.63) is 112 Å². The summed E-state index contributed by atoms with van der Waals surface area (Å²) in [5.74, 6) is 0. The van der Waals surface area contributed by atoms with Crippen LogP contribution in [0.4, 0.5) is 0 Å². The molecule has 1 fully saturated rings. The first-order valence-electron chi connectivity index (χ1n) is 11.4. The molecular formula is C28H31BrN2O. The second kappa shape index (κ2) is 12.1. The van der Waals surface area contributed by atoms with Crippen LogP contribution in [0.1, 0.15) is 22.8 Å². The summed E-state index contributed by atoms with van der Waals surface area (Å²) in [6.45, 7) is 7.10. The molecule has 0 bridgehead atoms. The lowest BCUT2D eigenvalue weighted by Crippen LogP contribution is -2.47. The van der Waals surface area contributed by atoms with Crippen molar-refractivity contribution in [1.29, 1.82) is 0 Å². The fourth-order valence-electron chi connectivity index (χ4n) is 4.05. The summed E-state index contributed by atoms with van der Waals surface area (Å²) in [4.78, 5) is 5.03. The molecule has 166 valence electrons. The van der Waals surface area contributed by atoms with Crippen LogP contribution >= 0.6 is 15.9 Å². The number of halogens is 1. The molecule has 3 aromatic rings. The highest BCUT2D eigenvalue weighted by molar-refractivity contribution is 9.10. The molecule has 0 saturated carbocycles. The predicted octanol–water partition coefficient (Wildman–Crippen LogP) is 5.89. The van der Waals surface area contributed by atoms with Crippen molar-refractivity contribution in [2.45, 2.75) is 6.10 Å². The van der Waals surface area contributed by atoms with Gasteiger partial charge in [-0.1, -0.05) is 101 Å². The molecule has 1 unspecified atom stereocenters. The first kappa shape index (κ1) is 22.9. The van der Waals surface area contributed by atoms with Crippen molar-refractivity contribution in [3.8, 4) is 0 Å². The largest absolute Gasteiger partial charge is 0.367 e. The fraction of sp³-hybridized carbons (Fsp3) is 0.286. The molecule has 3 nitrogen and oxygen atoms in total. The van der Waals surface area contributed by atoms with Gasteiger partial charge in [-0.25, -0.2) is 0 Å². The summed E-state index contributed by atoms with van der Waals surface area (Å²) in [6.07, 6.45) is 4.46. The van der Waals surface area contributed by atoms with E-state index in [0.29, 0.717) is 0 Å². The van der Waals surface area contributed by atoms with E-state index in [9.17, 15) is 0 Å². The van der Waals surface area contributed by atoms with Gasteiger partial charge in [-0.15, -0.1) is 0 Å². The summed E-state index contributed by atoms with van der Waals surface area (Å²) in [7, 11) is 0. The van der Waals surface area contributed by atoms with Gasteiger partial charge in [0.1, 0.15) is 6.10 Å². The van der Waals surface area contributed by atoms with Crippen LogP contribution in [0.3, 0.4) is 0 Å². The monoisotopic (exact) mass is 490 g/mol. The van der Waals surface area contributed by atoms with Gasteiger partial charge in [0.2, 0.25) is 0 Å². The Morgan fingerprint density at radius 2 is 1.34 bits per heavy atom. The Labute approximate surface area is 200 Å². The lowest BCUT2D eigenvalue weighted by molar-refractivity contribution is 0.0468. The molecule has 1 aliphatic heterocycles. The minimum Gasteiger partial charge on any atom is -0.367 e. The Bertz CT molecular complexity index is 952. The molecule has 0 radical (unpaired) electrons. The van der Waals surface area contributed by atoms with Crippen LogP contribution in [0, 0.1) is 0 Å². The number of rotatable bonds is 9. The van der Waals surface area contributed by atoms with Gasteiger partial charge in [-0.3, -0.25) is 9.80 Å². The molecule has 4 rings (SSSR count). The molecule has 4 heteroatoms. The quantitative estimate of drug-likeness (QED) is 0.372. The van der Waals surface area contributed by atoms with Crippen LogP contribution in [0.25, 0.3) is 6.08 Å². The average Bonchev–Trinajstić information content (AvgIpc) is 2.85. The summed E-state index contributed by atoms with van der Waals surface area (Å²) in [5.41, 5.74) is 3.65. The van der Waals surface area contributed by atoms with Crippen molar-refractivity contribution in [2.75, 3.05) is 45.9 Å². The Hall–Kier alpha value is -2.24. The summed E-state index contributed by atoms with van der Waals surface area (Å²) < 4.78 is 7.50. The molecule has 3 aromatic carbocycles. The molecule has 0 aliphatic carbocycles. The fourth-order valence-corrected chi connectivity index (χ4v) is 4.31. The first-order chi connectivity index (χ1) is 15.8. The van der Waals surface area contributed by atoms with Crippen molar-refractivity contribution in [3.63, 3.8) is 0 Å². The van der Waals surface area contributed by atoms with Crippen LogP contribution in [-0.4, -0.2) is 55.7 Å². The highest BCUT2D eigenvalue weighted by atomic mass is 79.9. The highest BCUT2D eigenvalue weighted by Gasteiger charge is 2.18. The molecule has 1 atom stereocenters. The lowest BCUT2D eigenvalue weighted by atomic mass is 10.0. The third kappa shape index (κ3) is 6.88. The van der Waals surface area contributed by atoms with Crippen molar-refractivity contribution < 1.29 is 4.74 Å². The van der Waals surface area contributed by atoms with E-state index < -0.39 is 0 Å². The van der Waals surface area contributed by atoms with Gasteiger partial charge in [0, 0.05) is 43.7 Å². The van der Waals surface area contributed by atoms with E-state index in [4.69, 9.17) is 4.74 Å². The molecule has 1 saturated heterocycles. The van der Waals surface area contributed by atoms with Crippen molar-refractivity contribution >= 4 is 22.0 Å². The van der Waals surface area contributed by atoms with Gasteiger partial charge in [0.15, 0.2) is 0 Å². The van der Waals surface area contributed by atoms with E-state index in [-0.39, 0.29) is 6.10 Å². The van der Waals surface area contributed by atoms with Crippen LogP contribution in [0.15, 0.2) is 95.5 Å². The summed E-state index contributed by atoms with van der Waals surface area (Å²) >= 11 is 3.53. The Kier molecular flexibility index (Phi) is 8.69. The van der Waals surface area contributed by atoms with E-state index in [0.717, 1.165) is 50.3 Å². The van der Waals surface area contributed by atoms with Gasteiger partial charge in [-0.2, -0.15) is 0 Å². The van der Waals surface area contributed by atoms with Crippen LogP contribution in [0.2, 0.25) is 0 Å². The van der Waals surface area contributed by atoms with Crippen LogP contribution in [-0.2, 0) is 4.74 Å². The maximum absolute atomic E-state index is 6.42. The van der Waals surface area contributed by atoms with Crippen molar-refractivity contribution in [2.24, 2.45) is 0 Å². The number of hydrogen-bond donors (Lipinski definition) is 0. The van der Waals surface area contributed by atoms with E-state index in [1.54, 1.807) is 0 Å². The molecular weight excluding hydrogens is 460 g/mol. The number of ether oxygens (including phenoxy) is 1. The van der Waals surface area contributed by atoms with E-state index >= 15 is 0 Å². The Morgan fingerprint density at radius 1 is 0.750 bits per heavy atom. The van der Waals surface area contributed by atoms with Crippen molar-refractivity contribution in [1.82, 2.24) is 9.80 Å². The van der Waals surface area contributed by atoms with Gasteiger partial charge in [-0.05, 0) is 28.8 Å². The van der Waals surface area contributed by atoms with E-state index in [1.165, 1.54) is 16.7 Å². The number of nitrogens with zero attached hydrogens (tertiary/aromatic N) is 2. The predicted molar refractivity (Wildman–Crippen MR) is 137 cm³/mol. The molecule has 0 N–H and O–H groups in total. The Morgan fingerprint density at radius 3 is 2.03 bits per heavy atom. The minimum atomic E-state index is -0.0336. The van der Waals surface area contributed by atoms with Crippen LogP contribution in [0.5, 0.6) is 0 Å². The number of piperazine rings is 1. The normalized spacial score (nSPS) is 16.4. The maximum atomic E-state index is 6.42. The molecule has 0 aromatic heterocycles. The van der Waals surface area contributed by atoms with E-state index in [2.05, 4.69) is 123 Å². The second-order valence-corrected chi connectivity index (χ2v) is 9.08. The van der Waals surface area contributed by atoms with E-state index in [1.807, 2.05) is 0 Å². The zero-order chi connectivity index (χ0) is 22.0. The number of hydrogen-bond acceptors (Lipinski definition) is 3. The van der Waals surface area contributed by atoms with Gasteiger partial charge < -0.3 is 4.74 Å². The second-order valence-electron chi connectivity index (χ2n) is 8.17. The Balaban J connectivity index is 1.23. The third-order valence-electron chi connectivity index (χ3n) is 5.91. The number of benzene rings is 3. The van der Waals surface area contributed by atoms with Crippen LogP contribution < -0.4 is 0 Å². The summed E-state index contributed by atoms with van der Waals surface area (Å²) in [5, 5.41) is 0. The molecule has 1 heterocycles. The first-order valence-corrected chi connectivity index (χ1v) is 12.2. The zero-order valence-electron chi connectivity index (χ0n) is 18.4. The maximum Gasteiger partial charge on any atom is 0.108 e. The molecule has 32 heavy (non-hydrogen) atoms. The SMILES string of the molecule is Brc1ccc(C(OCCN2CCN(C/C=C/c3ccccc3)CC2)c2ccccc2)cc1. The zero-order valence-corrected chi connectivity index (χ0v) is 20.0. The molecule has 1 aliphatic rings. The van der Waals surface area contributed by atoms with Gasteiger partial charge >= 0.3 is 0 Å². The molecule has 0 amide bonds. The smallest absolute Gasteiger partial charge is 0.108 e. The average molecular weight is 491 g/mol. The molecule has 0 spiro atoms. The minimum absolute atomic E-state index is 0.0336. The topological polar surface area (TPSA) is 15.7 Å². The standard InChI is InChI=1S/C28H31BrN2O/c29-27-15-13-26(14-16-27)28(25-11-5-2-6-12-25)32-23-22-31-20-18-30(19-21-31)17-7-10-24-8-3-1-4-9-24/h1-16,28H,17-23H2/b10-7+. The summed E-state index contributed by atoms with van der Waals surface area (Å²) in [6, 6.07) is 29.5. The third-order valence-corrected chi connectivity index (χ3v) is 6.43. The highest BCUT2D eigenvalue weighted by Crippen LogP contribution is 2.27. The van der Waals surface area contributed by atoms with Gasteiger partial charge in [0.25, 0.3) is 0 Å². The van der Waals surface area contributed by atoms with Gasteiger partial charge in [0.05, 0.1) is 6.61 Å². The lowest BCUT2D eigenvalue weighted by Gasteiger charge is -2.34.